The van der Waals surface area contributed by atoms with E-state index in [1.54, 1.807) is 0 Å². The zero-order valence-corrected chi connectivity index (χ0v) is 13.4. The van der Waals surface area contributed by atoms with Gasteiger partial charge in [-0.05, 0) is 35.2 Å². The molecule has 0 bridgehead atoms. The van der Waals surface area contributed by atoms with Crippen molar-refractivity contribution < 1.29 is 0 Å². The number of anilines is 1. The van der Waals surface area contributed by atoms with E-state index >= 15 is 0 Å². The van der Waals surface area contributed by atoms with Gasteiger partial charge in [0.05, 0.1) is 0 Å². The highest BCUT2D eigenvalue weighted by Gasteiger charge is 2.06. The van der Waals surface area contributed by atoms with Crippen LogP contribution in [0.5, 0.6) is 0 Å². The fourth-order valence-corrected chi connectivity index (χ4v) is 2.76. The third kappa shape index (κ3) is 3.74. The molecule has 19 heavy (non-hydrogen) atoms. The molecular weight excluding hydrogens is 322 g/mol. The van der Waals surface area contributed by atoms with Gasteiger partial charge in [-0.25, -0.2) is 0 Å². The van der Waals surface area contributed by atoms with Crippen LogP contribution in [-0.2, 0) is 6.54 Å². The molecule has 2 aromatic carbocycles. The lowest BCUT2D eigenvalue weighted by Crippen LogP contribution is -2.03. The first-order valence-electron chi connectivity index (χ1n) is 6.34. The average molecular weight is 339 g/mol. The zero-order valence-electron chi connectivity index (χ0n) is 11.1. The Morgan fingerprint density at radius 1 is 1.16 bits per heavy atom. The number of para-hydroxylation sites is 1. The second-order valence-electron chi connectivity index (χ2n) is 4.83. The predicted octanol–water partition coefficient (Wildman–Crippen LogP) is 5.84. The minimum Gasteiger partial charge on any atom is -0.381 e. The second kappa shape index (κ2) is 6.44. The Hall–Kier alpha value is -0.990. The van der Waals surface area contributed by atoms with E-state index in [0.29, 0.717) is 5.92 Å². The first-order valence-corrected chi connectivity index (χ1v) is 7.51. The first kappa shape index (κ1) is 14.4. The van der Waals surface area contributed by atoms with E-state index in [9.17, 15) is 0 Å². The topological polar surface area (TPSA) is 12.0 Å². The number of halogens is 2. The molecule has 1 N–H and O–H groups in total. The molecule has 0 saturated carbocycles. The number of hydrogen-bond donors (Lipinski definition) is 1. The van der Waals surface area contributed by atoms with Gasteiger partial charge in [0.2, 0.25) is 0 Å². The lowest BCUT2D eigenvalue weighted by molar-refractivity contribution is 0.865. The maximum Gasteiger partial charge on any atom is 0.0467 e. The van der Waals surface area contributed by atoms with Crippen molar-refractivity contribution in [3.8, 4) is 0 Å². The van der Waals surface area contributed by atoms with E-state index in [-0.39, 0.29) is 0 Å². The van der Waals surface area contributed by atoms with E-state index < -0.39 is 0 Å². The van der Waals surface area contributed by atoms with Gasteiger partial charge >= 0.3 is 0 Å². The highest BCUT2D eigenvalue weighted by Crippen LogP contribution is 2.26. The van der Waals surface area contributed by atoms with Gasteiger partial charge in [0, 0.05) is 21.7 Å². The van der Waals surface area contributed by atoms with Crippen LogP contribution in [0.4, 0.5) is 5.69 Å². The van der Waals surface area contributed by atoms with Crippen molar-refractivity contribution in [3.63, 3.8) is 0 Å². The molecule has 3 heteroatoms. The molecule has 0 aliphatic heterocycles. The van der Waals surface area contributed by atoms with E-state index in [1.807, 2.05) is 18.2 Å². The Labute approximate surface area is 128 Å². The normalized spacial score (nSPS) is 10.8. The molecule has 0 heterocycles. The summed E-state index contributed by atoms with van der Waals surface area (Å²) in [6, 6.07) is 14.4. The van der Waals surface area contributed by atoms with Gasteiger partial charge in [-0.15, -0.1) is 0 Å². The third-order valence-electron chi connectivity index (χ3n) is 3.07. The van der Waals surface area contributed by atoms with Crippen LogP contribution < -0.4 is 5.32 Å². The predicted molar refractivity (Wildman–Crippen MR) is 87.0 cm³/mol. The highest BCUT2D eigenvalue weighted by atomic mass is 79.9. The molecule has 100 valence electrons. The van der Waals surface area contributed by atoms with Gasteiger partial charge in [0.25, 0.3) is 0 Å². The summed E-state index contributed by atoms with van der Waals surface area (Å²) in [5.41, 5.74) is 3.61. The maximum absolute atomic E-state index is 6.23. The van der Waals surface area contributed by atoms with Crippen LogP contribution in [0, 0.1) is 0 Å². The second-order valence-corrected chi connectivity index (χ2v) is 6.15. The number of rotatable bonds is 4. The fourth-order valence-electron chi connectivity index (χ4n) is 2.02. The van der Waals surface area contributed by atoms with Gasteiger partial charge < -0.3 is 5.32 Å². The Morgan fingerprint density at radius 3 is 2.58 bits per heavy atom. The van der Waals surface area contributed by atoms with Gasteiger partial charge in [-0.3, -0.25) is 0 Å². The van der Waals surface area contributed by atoms with E-state index in [4.69, 9.17) is 11.6 Å². The van der Waals surface area contributed by atoms with Crippen molar-refractivity contribution in [3.05, 3.63) is 63.1 Å². The van der Waals surface area contributed by atoms with Gasteiger partial charge in [0.15, 0.2) is 0 Å². The van der Waals surface area contributed by atoms with Crippen LogP contribution in [0.15, 0.2) is 46.9 Å². The number of benzene rings is 2. The summed E-state index contributed by atoms with van der Waals surface area (Å²) in [4.78, 5) is 0. The SMILES string of the molecule is CC(C)c1ccccc1NCc1ccc(Br)cc1Cl. The third-order valence-corrected chi connectivity index (χ3v) is 3.91. The van der Waals surface area contributed by atoms with Crippen molar-refractivity contribution in [2.75, 3.05) is 5.32 Å². The molecule has 0 atom stereocenters. The van der Waals surface area contributed by atoms with Crippen molar-refractivity contribution in [1.82, 2.24) is 0 Å². The van der Waals surface area contributed by atoms with Crippen LogP contribution >= 0.6 is 27.5 Å². The number of nitrogens with one attached hydrogen (secondary N) is 1. The first-order chi connectivity index (χ1) is 9.08. The van der Waals surface area contributed by atoms with Crippen LogP contribution in [0.25, 0.3) is 0 Å². The Balaban J connectivity index is 2.14. The summed E-state index contributed by atoms with van der Waals surface area (Å²) < 4.78 is 1.00. The van der Waals surface area contributed by atoms with E-state index in [1.165, 1.54) is 11.3 Å². The summed E-state index contributed by atoms with van der Waals surface area (Å²) in [5, 5.41) is 4.25. The van der Waals surface area contributed by atoms with Gasteiger partial charge in [-0.2, -0.15) is 0 Å². The molecule has 0 unspecified atom stereocenters. The molecule has 0 spiro atoms. The number of hydrogen-bond acceptors (Lipinski definition) is 1. The summed E-state index contributed by atoms with van der Waals surface area (Å²) in [7, 11) is 0. The molecule has 0 aliphatic carbocycles. The van der Waals surface area contributed by atoms with Crippen molar-refractivity contribution in [1.29, 1.82) is 0 Å². The molecule has 0 radical (unpaired) electrons. The van der Waals surface area contributed by atoms with Crippen LogP contribution in [-0.4, -0.2) is 0 Å². The van der Waals surface area contributed by atoms with Crippen LogP contribution in [0.3, 0.4) is 0 Å². The fraction of sp³-hybridized carbons (Fsp3) is 0.250. The van der Waals surface area contributed by atoms with Crippen molar-refractivity contribution in [2.24, 2.45) is 0 Å². The summed E-state index contributed by atoms with van der Waals surface area (Å²) >= 11 is 9.65. The zero-order chi connectivity index (χ0) is 13.8. The molecule has 0 fully saturated rings. The highest BCUT2D eigenvalue weighted by molar-refractivity contribution is 9.10. The van der Waals surface area contributed by atoms with E-state index in [2.05, 4.69) is 59.4 Å². The Morgan fingerprint density at radius 2 is 1.89 bits per heavy atom. The summed E-state index contributed by atoms with van der Waals surface area (Å²) in [6.45, 7) is 5.14. The van der Waals surface area contributed by atoms with Gasteiger partial charge in [-0.1, -0.05) is 65.6 Å². The van der Waals surface area contributed by atoms with E-state index in [0.717, 1.165) is 21.6 Å². The summed E-state index contributed by atoms with van der Waals surface area (Å²) in [5.74, 6) is 0.504. The standard InChI is InChI=1S/C16H17BrClN/c1-11(2)14-5-3-4-6-16(14)19-10-12-7-8-13(17)9-15(12)18/h3-9,11,19H,10H2,1-2H3. The minimum absolute atomic E-state index is 0.504. The monoisotopic (exact) mass is 337 g/mol. The average Bonchev–Trinajstić information content (AvgIpc) is 2.38. The Kier molecular flexibility index (Phi) is 4.89. The Bertz CT molecular complexity index is 566. The van der Waals surface area contributed by atoms with Gasteiger partial charge in [0.1, 0.15) is 0 Å². The minimum atomic E-state index is 0.504. The quantitative estimate of drug-likeness (QED) is 0.738. The smallest absolute Gasteiger partial charge is 0.0467 e. The largest absolute Gasteiger partial charge is 0.381 e. The molecule has 0 saturated heterocycles. The van der Waals surface area contributed by atoms with Crippen molar-refractivity contribution in [2.45, 2.75) is 26.3 Å². The molecule has 0 amide bonds. The maximum atomic E-state index is 6.23. The molecular formula is C16H17BrClN. The molecule has 2 rings (SSSR count). The molecule has 1 nitrogen and oxygen atoms in total. The summed E-state index contributed by atoms with van der Waals surface area (Å²) in [6.07, 6.45) is 0. The molecule has 2 aromatic rings. The lowest BCUT2D eigenvalue weighted by atomic mass is 10.0. The van der Waals surface area contributed by atoms with Crippen LogP contribution in [0.1, 0.15) is 30.9 Å². The molecule has 0 aromatic heterocycles. The lowest BCUT2D eigenvalue weighted by Gasteiger charge is -2.15. The van der Waals surface area contributed by atoms with Crippen molar-refractivity contribution >= 4 is 33.2 Å². The van der Waals surface area contributed by atoms with Crippen LogP contribution in [0.2, 0.25) is 5.02 Å². The molecule has 0 aliphatic rings.